The third-order valence-electron chi connectivity index (χ3n) is 6.99. The molecular weight excluding hydrogens is 240 g/mol. The summed E-state index contributed by atoms with van der Waals surface area (Å²) in [7, 11) is 0. The zero-order valence-electron chi connectivity index (χ0n) is 14.5. The van der Waals surface area contributed by atoms with E-state index in [9.17, 15) is 0 Å². The first-order chi connectivity index (χ1) is 9.67. The molecule has 2 saturated carbocycles. The molecule has 0 nitrogen and oxygen atoms in total. The minimum atomic E-state index is 0.950. The summed E-state index contributed by atoms with van der Waals surface area (Å²) >= 11 is 0. The van der Waals surface area contributed by atoms with Crippen LogP contribution in [-0.4, -0.2) is 0 Å². The Morgan fingerprint density at radius 2 is 1.70 bits per heavy atom. The van der Waals surface area contributed by atoms with Gasteiger partial charge in [0.25, 0.3) is 0 Å². The van der Waals surface area contributed by atoms with Crippen LogP contribution in [0.1, 0.15) is 91.9 Å². The van der Waals surface area contributed by atoms with Crippen LogP contribution in [0.25, 0.3) is 0 Å². The fraction of sp³-hybridized carbons (Fsp3) is 1.00. The van der Waals surface area contributed by atoms with E-state index in [0.29, 0.717) is 0 Å². The lowest BCUT2D eigenvalue weighted by atomic mass is 9.66. The van der Waals surface area contributed by atoms with Crippen molar-refractivity contribution in [2.45, 2.75) is 91.9 Å². The van der Waals surface area contributed by atoms with Gasteiger partial charge in [0.15, 0.2) is 0 Å². The normalized spacial score (nSPS) is 36.6. The third kappa shape index (κ3) is 3.80. The second-order valence-electron chi connectivity index (χ2n) is 8.09. The molecule has 118 valence electrons. The molecule has 0 aromatic heterocycles. The lowest BCUT2D eigenvalue weighted by Gasteiger charge is -2.39. The second kappa shape index (κ2) is 7.85. The fourth-order valence-electron chi connectivity index (χ4n) is 5.27. The molecule has 6 atom stereocenters. The van der Waals surface area contributed by atoms with E-state index in [1.54, 1.807) is 25.7 Å². The molecule has 0 aromatic carbocycles. The van der Waals surface area contributed by atoms with Crippen LogP contribution in [0, 0.1) is 35.5 Å². The number of fused-ring (bicyclic) bond motifs is 1. The van der Waals surface area contributed by atoms with E-state index in [1.165, 1.54) is 38.5 Å². The topological polar surface area (TPSA) is 0 Å². The third-order valence-corrected chi connectivity index (χ3v) is 6.99. The first-order valence-corrected chi connectivity index (χ1v) is 9.67. The van der Waals surface area contributed by atoms with Crippen LogP contribution < -0.4 is 0 Å². The highest BCUT2D eigenvalue weighted by atomic mass is 14.5. The Bertz CT molecular complexity index is 269. The van der Waals surface area contributed by atoms with Gasteiger partial charge in [0.2, 0.25) is 0 Å². The van der Waals surface area contributed by atoms with Crippen molar-refractivity contribution in [2.24, 2.45) is 35.5 Å². The molecule has 2 aliphatic carbocycles. The van der Waals surface area contributed by atoms with Crippen molar-refractivity contribution >= 4 is 0 Å². The first-order valence-electron chi connectivity index (χ1n) is 9.67. The van der Waals surface area contributed by atoms with Gasteiger partial charge in [-0.1, -0.05) is 66.2 Å². The highest BCUT2D eigenvalue weighted by Crippen LogP contribution is 2.52. The van der Waals surface area contributed by atoms with Crippen LogP contribution in [0.4, 0.5) is 0 Å². The summed E-state index contributed by atoms with van der Waals surface area (Å²) in [5, 5.41) is 0. The fourth-order valence-corrected chi connectivity index (χ4v) is 5.27. The van der Waals surface area contributed by atoms with Crippen LogP contribution in [0.2, 0.25) is 0 Å². The monoisotopic (exact) mass is 278 g/mol. The molecule has 6 unspecified atom stereocenters. The molecule has 2 rings (SSSR count). The maximum absolute atomic E-state index is 2.52. The van der Waals surface area contributed by atoms with Crippen molar-refractivity contribution in [2.75, 3.05) is 0 Å². The minimum absolute atomic E-state index is 0.950. The van der Waals surface area contributed by atoms with E-state index in [-0.39, 0.29) is 0 Å². The molecule has 0 bridgehead atoms. The molecule has 0 aliphatic heterocycles. The van der Waals surface area contributed by atoms with Crippen molar-refractivity contribution in [1.82, 2.24) is 0 Å². The van der Waals surface area contributed by atoms with Crippen LogP contribution in [0.15, 0.2) is 0 Å². The van der Waals surface area contributed by atoms with Gasteiger partial charge < -0.3 is 0 Å². The van der Waals surface area contributed by atoms with Crippen LogP contribution in [0.5, 0.6) is 0 Å². The molecule has 0 aromatic rings. The Hall–Kier alpha value is 0. The summed E-state index contributed by atoms with van der Waals surface area (Å²) in [5.74, 6) is 6.30. The summed E-state index contributed by atoms with van der Waals surface area (Å²) in [6, 6.07) is 0. The SMILES string of the molecule is CCC(C)CCCC1CCC2C(C(C)CC)CCCC12. The van der Waals surface area contributed by atoms with E-state index in [2.05, 4.69) is 27.7 Å². The Balaban J connectivity index is 1.83. The number of hydrogen-bond acceptors (Lipinski definition) is 0. The lowest BCUT2D eigenvalue weighted by Crippen LogP contribution is -2.31. The predicted molar refractivity (Wildman–Crippen MR) is 89.8 cm³/mol. The lowest BCUT2D eigenvalue weighted by molar-refractivity contribution is 0.106. The maximum atomic E-state index is 2.52. The van der Waals surface area contributed by atoms with Gasteiger partial charge in [0.1, 0.15) is 0 Å². The Morgan fingerprint density at radius 1 is 0.900 bits per heavy atom. The van der Waals surface area contributed by atoms with Gasteiger partial charge >= 0.3 is 0 Å². The first kappa shape index (κ1) is 16.4. The van der Waals surface area contributed by atoms with Gasteiger partial charge in [0.05, 0.1) is 0 Å². The van der Waals surface area contributed by atoms with E-state index in [4.69, 9.17) is 0 Å². The van der Waals surface area contributed by atoms with Gasteiger partial charge in [-0.3, -0.25) is 0 Å². The van der Waals surface area contributed by atoms with Crippen molar-refractivity contribution in [3.63, 3.8) is 0 Å². The molecule has 20 heavy (non-hydrogen) atoms. The van der Waals surface area contributed by atoms with E-state index in [1.807, 2.05) is 0 Å². The summed E-state index contributed by atoms with van der Waals surface area (Å²) < 4.78 is 0. The molecule has 0 saturated heterocycles. The average Bonchev–Trinajstić information content (AvgIpc) is 2.89. The molecular formula is C20H38. The van der Waals surface area contributed by atoms with Gasteiger partial charge in [-0.05, 0) is 61.2 Å². The standard InChI is InChI=1S/C20H38/c1-5-15(3)9-7-10-17-13-14-20-18(16(4)6-2)11-8-12-19(17)20/h15-20H,5-14H2,1-4H3. The van der Waals surface area contributed by atoms with Crippen LogP contribution >= 0.6 is 0 Å². The van der Waals surface area contributed by atoms with E-state index in [0.717, 1.165) is 35.5 Å². The molecule has 0 heterocycles. The van der Waals surface area contributed by atoms with Crippen molar-refractivity contribution in [1.29, 1.82) is 0 Å². The number of rotatable bonds is 7. The van der Waals surface area contributed by atoms with Gasteiger partial charge in [-0.15, -0.1) is 0 Å². The summed E-state index contributed by atoms with van der Waals surface area (Å²) in [5.41, 5.74) is 0. The maximum Gasteiger partial charge on any atom is -0.0352 e. The minimum Gasteiger partial charge on any atom is -0.0651 e. The number of hydrogen-bond donors (Lipinski definition) is 0. The van der Waals surface area contributed by atoms with Crippen LogP contribution in [-0.2, 0) is 0 Å². The van der Waals surface area contributed by atoms with E-state index < -0.39 is 0 Å². The summed E-state index contributed by atoms with van der Waals surface area (Å²) in [4.78, 5) is 0. The van der Waals surface area contributed by atoms with Crippen molar-refractivity contribution < 1.29 is 0 Å². The van der Waals surface area contributed by atoms with Gasteiger partial charge in [0, 0.05) is 0 Å². The zero-order chi connectivity index (χ0) is 14.5. The molecule has 0 amide bonds. The largest absolute Gasteiger partial charge is 0.0651 e. The quantitative estimate of drug-likeness (QED) is 0.486. The second-order valence-corrected chi connectivity index (χ2v) is 8.09. The molecule has 0 heteroatoms. The van der Waals surface area contributed by atoms with Gasteiger partial charge in [-0.2, -0.15) is 0 Å². The van der Waals surface area contributed by atoms with Gasteiger partial charge in [-0.25, -0.2) is 0 Å². The molecule has 2 fully saturated rings. The highest BCUT2D eigenvalue weighted by molar-refractivity contribution is 4.92. The van der Waals surface area contributed by atoms with E-state index >= 15 is 0 Å². The highest BCUT2D eigenvalue weighted by Gasteiger charge is 2.42. The molecule has 0 radical (unpaired) electrons. The average molecular weight is 279 g/mol. The summed E-state index contributed by atoms with van der Waals surface area (Å²) in [6.45, 7) is 9.68. The Kier molecular flexibility index (Phi) is 6.43. The van der Waals surface area contributed by atoms with Crippen molar-refractivity contribution in [3.05, 3.63) is 0 Å². The molecule has 0 spiro atoms. The zero-order valence-corrected chi connectivity index (χ0v) is 14.5. The smallest absolute Gasteiger partial charge is 0.0352 e. The van der Waals surface area contributed by atoms with Crippen molar-refractivity contribution in [3.8, 4) is 0 Å². The van der Waals surface area contributed by atoms with Crippen LogP contribution in [0.3, 0.4) is 0 Å². The summed E-state index contributed by atoms with van der Waals surface area (Å²) in [6.07, 6.45) is 15.0. The molecule has 2 aliphatic rings. The predicted octanol–water partition coefficient (Wildman–Crippen LogP) is 6.69. The Morgan fingerprint density at radius 3 is 2.40 bits per heavy atom. The Labute approximate surface area is 128 Å². The molecule has 0 N–H and O–H groups in total.